The average molecular weight is 321 g/mol. The minimum absolute atomic E-state index is 0.0324. The summed E-state index contributed by atoms with van der Waals surface area (Å²) in [6.07, 6.45) is 0.787. The van der Waals surface area contributed by atoms with Crippen molar-refractivity contribution >= 4 is 5.91 Å². The van der Waals surface area contributed by atoms with Crippen LogP contribution in [0.5, 0.6) is 0 Å². The predicted molar refractivity (Wildman–Crippen MR) is 78.5 cm³/mol. The lowest BCUT2D eigenvalue weighted by Gasteiger charge is -2.32. The monoisotopic (exact) mass is 321 g/mol. The average Bonchev–Trinajstić information content (AvgIpc) is 2.47. The highest BCUT2D eigenvalue weighted by molar-refractivity contribution is 5.76. The van der Waals surface area contributed by atoms with Gasteiger partial charge in [0.15, 0.2) is 0 Å². The molecule has 0 aromatic rings. The van der Waals surface area contributed by atoms with Gasteiger partial charge in [0, 0.05) is 25.6 Å². The number of piperidine rings is 2. The molecular weight excluding hydrogens is 295 g/mol. The number of halogens is 3. The van der Waals surface area contributed by atoms with E-state index in [2.05, 4.69) is 10.6 Å². The Labute approximate surface area is 129 Å². The zero-order valence-corrected chi connectivity index (χ0v) is 12.9. The molecule has 2 fully saturated rings. The van der Waals surface area contributed by atoms with E-state index in [0.717, 1.165) is 32.4 Å². The summed E-state index contributed by atoms with van der Waals surface area (Å²) in [6, 6.07) is 0.0324. The van der Waals surface area contributed by atoms with Crippen molar-refractivity contribution < 1.29 is 18.0 Å². The molecule has 1 amide bonds. The molecule has 0 aromatic heterocycles. The highest BCUT2D eigenvalue weighted by Gasteiger charge is 2.32. The Kier molecular flexibility index (Phi) is 6.50. The fraction of sp³-hybridized carbons (Fsp3) is 0.933. The van der Waals surface area contributed by atoms with Crippen LogP contribution in [0.25, 0.3) is 0 Å². The van der Waals surface area contributed by atoms with Crippen LogP contribution in [0, 0.1) is 5.92 Å². The second kappa shape index (κ2) is 8.15. The zero-order valence-electron chi connectivity index (χ0n) is 12.9. The summed E-state index contributed by atoms with van der Waals surface area (Å²) in [5.41, 5.74) is 0. The summed E-state index contributed by atoms with van der Waals surface area (Å²) in [7, 11) is 0. The van der Waals surface area contributed by atoms with Crippen LogP contribution < -0.4 is 10.6 Å². The minimum atomic E-state index is -4.13. The molecule has 0 aromatic carbocycles. The van der Waals surface area contributed by atoms with Gasteiger partial charge in [-0.2, -0.15) is 13.2 Å². The molecule has 2 aliphatic rings. The third-order valence-electron chi connectivity index (χ3n) is 4.59. The van der Waals surface area contributed by atoms with Crippen LogP contribution in [0.2, 0.25) is 0 Å². The molecule has 2 N–H and O–H groups in total. The largest absolute Gasteiger partial charge is 0.401 e. The number of rotatable bonds is 5. The van der Waals surface area contributed by atoms with Crippen molar-refractivity contribution in [3.8, 4) is 0 Å². The number of likely N-dealkylation sites (tertiary alicyclic amines) is 1. The van der Waals surface area contributed by atoms with Gasteiger partial charge >= 0.3 is 6.18 Å². The van der Waals surface area contributed by atoms with E-state index < -0.39 is 12.7 Å². The van der Waals surface area contributed by atoms with Crippen LogP contribution in [0.15, 0.2) is 0 Å². The SMILES string of the molecule is O=C(CCC1CCNCC1)NC1CCN(CC(F)(F)F)CC1. The smallest absolute Gasteiger partial charge is 0.353 e. The highest BCUT2D eigenvalue weighted by atomic mass is 19.4. The standard InChI is InChI=1S/C15H26F3N3O/c16-15(17,18)11-21-9-5-13(6-10-21)20-14(22)2-1-12-3-7-19-8-4-12/h12-13,19H,1-11H2,(H,20,22). The van der Waals surface area contributed by atoms with Gasteiger partial charge in [0.05, 0.1) is 6.54 Å². The number of amides is 1. The number of hydrogen-bond acceptors (Lipinski definition) is 3. The Morgan fingerprint density at radius 1 is 1.14 bits per heavy atom. The number of alkyl halides is 3. The maximum absolute atomic E-state index is 12.3. The van der Waals surface area contributed by atoms with Crippen LogP contribution in [-0.4, -0.2) is 55.7 Å². The van der Waals surface area contributed by atoms with E-state index in [0.29, 0.717) is 38.3 Å². The highest BCUT2D eigenvalue weighted by Crippen LogP contribution is 2.20. The molecule has 0 atom stereocenters. The molecule has 2 rings (SSSR count). The first-order valence-corrected chi connectivity index (χ1v) is 8.21. The molecule has 0 radical (unpaired) electrons. The Hall–Kier alpha value is -0.820. The molecular formula is C15H26F3N3O. The van der Waals surface area contributed by atoms with Crippen LogP contribution in [0.4, 0.5) is 13.2 Å². The first-order chi connectivity index (χ1) is 10.4. The minimum Gasteiger partial charge on any atom is -0.353 e. The topological polar surface area (TPSA) is 44.4 Å². The van der Waals surface area contributed by atoms with Gasteiger partial charge in [-0.15, -0.1) is 0 Å². The molecule has 7 heteroatoms. The van der Waals surface area contributed by atoms with E-state index in [1.165, 1.54) is 4.90 Å². The van der Waals surface area contributed by atoms with Crippen molar-refractivity contribution in [2.75, 3.05) is 32.7 Å². The Morgan fingerprint density at radius 2 is 1.77 bits per heavy atom. The first kappa shape index (κ1) is 17.5. The van der Waals surface area contributed by atoms with Gasteiger partial charge in [0.2, 0.25) is 5.91 Å². The van der Waals surface area contributed by atoms with E-state index >= 15 is 0 Å². The van der Waals surface area contributed by atoms with Crippen LogP contribution in [0.3, 0.4) is 0 Å². The van der Waals surface area contributed by atoms with E-state index in [9.17, 15) is 18.0 Å². The molecule has 0 saturated carbocycles. The van der Waals surface area contributed by atoms with Gasteiger partial charge in [-0.05, 0) is 51.1 Å². The number of carbonyl (C=O) groups is 1. The maximum atomic E-state index is 12.3. The fourth-order valence-corrected chi connectivity index (χ4v) is 3.29. The lowest BCUT2D eigenvalue weighted by atomic mass is 9.93. The van der Waals surface area contributed by atoms with E-state index in [4.69, 9.17) is 0 Å². The van der Waals surface area contributed by atoms with Gasteiger partial charge in [-0.1, -0.05) is 0 Å². The molecule has 4 nitrogen and oxygen atoms in total. The van der Waals surface area contributed by atoms with Gasteiger partial charge < -0.3 is 10.6 Å². The first-order valence-electron chi connectivity index (χ1n) is 8.21. The van der Waals surface area contributed by atoms with Crippen molar-refractivity contribution in [1.29, 1.82) is 0 Å². The van der Waals surface area contributed by atoms with Gasteiger partial charge in [0.1, 0.15) is 0 Å². The van der Waals surface area contributed by atoms with Crippen molar-refractivity contribution in [3.63, 3.8) is 0 Å². The second-order valence-electron chi connectivity index (χ2n) is 6.47. The van der Waals surface area contributed by atoms with Crippen LogP contribution in [0.1, 0.15) is 38.5 Å². The number of carbonyl (C=O) groups excluding carboxylic acids is 1. The molecule has 0 unspecified atom stereocenters. The summed E-state index contributed by atoms with van der Waals surface area (Å²) < 4.78 is 36.9. The number of nitrogens with zero attached hydrogens (tertiary/aromatic N) is 1. The van der Waals surface area contributed by atoms with E-state index in [-0.39, 0.29) is 11.9 Å². The molecule has 128 valence electrons. The molecule has 2 aliphatic heterocycles. The van der Waals surface area contributed by atoms with Gasteiger partial charge in [-0.25, -0.2) is 0 Å². The molecule has 0 bridgehead atoms. The Morgan fingerprint density at radius 3 is 2.36 bits per heavy atom. The third-order valence-corrected chi connectivity index (χ3v) is 4.59. The number of hydrogen-bond donors (Lipinski definition) is 2. The predicted octanol–water partition coefficient (Wildman–Crippen LogP) is 1.91. The third kappa shape index (κ3) is 6.52. The summed E-state index contributed by atoms with van der Waals surface area (Å²) in [5, 5.41) is 6.28. The van der Waals surface area contributed by atoms with E-state index in [1.54, 1.807) is 0 Å². The maximum Gasteiger partial charge on any atom is 0.401 e. The van der Waals surface area contributed by atoms with Gasteiger partial charge in [-0.3, -0.25) is 9.69 Å². The molecule has 22 heavy (non-hydrogen) atoms. The lowest BCUT2D eigenvalue weighted by Crippen LogP contribution is -2.47. The summed E-state index contributed by atoms with van der Waals surface area (Å²) in [6.45, 7) is 2.02. The Balaban J connectivity index is 1.60. The molecule has 2 saturated heterocycles. The van der Waals surface area contributed by atoms with E-state index in [1.807, 2.05) is 0 Å². The van der Waals surface area contributed by atoms with Crippen molar-refractivity contribution in [3.05, 3.63) is 0 Å². The molecule has 0 spiro atoms. The normalized spacial score (nSPS) is 22.7. The van der Waals surface area contributed by atoms with Gasteiger partial charge in [0.25, 0.3) is 0 Å². The molecule has 2 heterocycles. The zero-order chi connectivity index (χ0) is 16.0. The summed E-state index contributed by atoms with van der Waals surface area (Å²) >= 11 is 0. The van der Waals surface area contributed by atoms with Crippen molar-refractivity contribution in [2.24, 2.45) is 5.92 Å². The Bertz CT molecular complexity index is 348. The van der Waals surface area contributed by atoms with Crippen LogP contribution >= 0.6 is 0 Å². The lowest BCUT2D eigenvalue weighted by molar-refractivity contribution is -0.148. The summed E-state index contributed by atoms with van der Waals surface area (Å²) in [4.78, 5) is 13.4. The van der Waals surface area contributed by atoms with Crippen molar-refractivity contribution in [2.45, 2.75) is 50.7 Å². The van der Waals surface area contributed by atoms with Crippen LogP contribution in [-0.2, 0) is 4.79 Å². The summed E-state index contributed by atoms with van der Waals surface area (Å²) in [5.74, 6) is 0.674. The quantitative estimate of drug-likeness (QED) is 0.813. The second-order valence-corrected chi connectivity index (χ2v) is 6.47. The fourth-order valence-electron chi connectivity index (χ4n) is 3.29. The number of nitrogens with one attached hydrogen (secondary N) is 2. The van der Waals surface area contributed by atoms with Crippen molar-refractivity contribution in [1.82, 2.24) is 15.5 Å². The molecule has 0 aliphatic carbocycles.